The Balaban J connectivity index is 2.24. The van der Waals surface area contributed by atoms with Crippen LogP contribution >= 0.6 is 39.1 Å². The number of ether oxygens (including phenoxy) is 2. The first-order chi connectivity index (χ1) is 10.0. The van der Waals surface area contributed by atoms with Crippen molar-refractivity contribution in [2.24, 2.45) is 0 Å². The normalized spacial score (nSPS) is 10.3. The lowest BCUT2D eigenvalue weighted by Crippen LogP contribution is -2.03. The zero-order valence-electron chi connectivity index (χ0n) is 11.5. The number of hydrogen-bond donors (Lipinski definition) is 1. The zero-order chi connectivity index (χ0) is 15.4. The van der Waals surface area contributed by atoms with E-state index in [4.69, 9.17) is 32.7 Å². The summed E-state index contributed by atoms with van der Waals surface area (Å²) < 4.78 is 11.5. The first-order valence-corrected chi connectivity index (χ1v) is 7.69. The summed E-state index contributed by atoms with van der Waals surface area (Å²) in [5.74, 6) is 1.23. The van der Waals surface area contributed by atoms with Gasteiger partial charge >= 0.3 is 0 Å². The van der Waals surface area contributed by atoms with Gasteiger partial charge in [-0.3, -0.25) is 0 Å². The molecule has 0 heterocycles. The molecule has 2 rings (SSSR count). The topological polar surface area (TPSA) is 30.5 Å². The van der Waals surface area contributed by atoms with E-state index in [-0.39, 0.29) is 0 Å². The van der Waals surface area contributed by atoms with E-state index in [0.717, 1.165) is 15.7 Å². The van der Waals surface area contributed by atoms with Gasteiger partial charge in [-0.2, -0.15) is 0 Å². The number of benzene rings is 2. The van der Waals surface area contributed by atoms with Gasteiger partial charge in [0.15, 0.2) is 0 Å². The van der Waals surface area contributed by atoms with E-state index in [9.17, 15) is 0 Å². The van der Waals surface area contributed by atoms with Gasteiger partial charge in [-0.1, -0.05) is 39.1 Å². The smallest absolute Gasteiger partial charge is 0.143 e. The van der Waals surface area contributed by atoms with Gasteiger partial charge in [-0.15, -0.1) is 0 Å². The molecule has 0 amide bonds. The summed E-state index contributed by atoms with van der Waals surface area (Å²) in [5, 5.41) is 4.48. The maximum Gasteiger partial charge on any atom is 0.143 e. The molecule has 0 saturated heterocycles. The van der Waals surface area contributed by atoms with Crippen LogP contribution in [0.2, 0.25) is 10.0 Å². The predicted molar refractivity (Wildman–Crippen MR) is 91.0 cm³/mol. The second-order valence-corrected chi connectivity index (χ2v) is 6.01. The predicted octanol–water partition coefficient (Wildman–Crippen LogP) is 5.39. The minimum Gasteiger partial charge on any atom is -0.495 e. The van der Waals surface area contributed by atoms with Crippen molar-refractivity contribution in [3.8, 4) is 11.5 Å². The molecule has 21 heavy (non-hydrogen) atoms. The second kappa shape index (κ2) is 7.25. The van der Waals surface area contributed by atoms with Crippen molar-refractivity contribution in [1.29, 1.82) is 0 Å². The van der Waals surface area contributed by atoms with Crippen molar-refractivity contribution in [3.05, 3.63) is 50.4 Å². The molecule has 2 aromatic carbocycles. The van der Waals surface area contributed by atoms with Crippen LogP contribution in [0.1, 0.15) is 5.56 Å². The summed E-state index contributed by atoms with van der Waals surface area (Å²) in [6, 6.07) is 9.23. The number of rotatable bonds is 5. The lowest BCUT2D eigenvalue weighted by atomic mass is 10.2. The van der Waals surface area contributed by atoms with Crippen LogP contribution in [0.15, 0.2) is 34.8 Å². The molecule has 0 bridgehead atoms. The highest BCUT2D eigenvalue weighted by molar-refractivity contribution is 9.10. The average molecular weight is 391 g/mol. The van der Waals surface area contributed by atoms with Gasteiger partial charge in [-0.25, -0.2) is 0 Å². The average Bonchev–Trinajstić information content (AvgIpc) is 2.48. The third-order valence-corrected chi connectivity index (χ3v) is 4.11. The van der Waals surface area contributed by atoms with Crippen molar-refractivity contribution in [2.45, 2.75) is 6.54 Å². The summed E-state index contributed by atoms with van der Waals surface area (Å²) in [6.07, 6.45) is 0. The van der Waals surface area contributed by atoms with E-state index in [1.54, 1.807) is 26.4 Å². The zero-order valence-corrected chi connectivity index (χ0v) is 14.6. The highest BCUT2D eigenvalue weighted by Gasteiger charge is 2.10. The van der Waals surface area contributed by atoms with Gasteiger partial charge in [0.1, 0.15) is 11.5 Å². The van der Waals surface area contributed by atoms with Gasteiger partial charge < -0.3 is 14.8 Å². The number of halogens is 3. The highest BCUT2D eigenvalue weighted by atomic mass is 79.9. The fourth-order valence-corrected chi connectivity index (χ4v) is 2.69. The fourth-order valence-electron chi connectivity index (χ4n) is 1.87. The summed E-state index contributed by atoms with van der Waals surface area (Å²) in [4.78, 5) is 0. The van der Waals surface area contributed by atoms with Crippen LogP contribution in [0.4, 0.5) is 5.69 Å². The van der Waals surface area contributed by atoms with E-state index in [1.165, 1.54) is 0 Å². The number of hydrogen-bond acceptors (Lipinski definition) is 3. The Labute approximate surface area is 142 Å². The van der Waals surface area contributed by atoms with E-state index in [1.807, 2.05) is 18.2 Å². The van der Waals surface area contributed by atoms with E-state index >= 15 is 0 Å². The molecule has 0 aliphatic carbocycles. The highest BCUT2D eigenvalue weighted by Crippen LogP contribution is 2.36. The van der Waals surface area contributed by atoms with Gasteiger partial charge in [0.25, 0.3) is 0 Å². The lowest BCUT2D eigenvalue weighted by Gasteiger charge is -2.14. The summed E-state index contributed by atoms with van der Waals surface area (Å²) >= 11 is 15.7. The molecule has 0 spiro atoms. The molecule has 6 heteroatoms. The minimum absolute atomic E-state index is 0.500. The maximum absolute atomic E-state index is 6.18. The second-order valence-electron chi connectivity index (χ2n) is 4.28. The van der Waals surface area contributed by atoms with Crippen molar-refractivity contribution < 1.29 is 9.47 Å². The van der Waals surface area contributed by atoms with Crippen LogP contribution in [0.3, 0.4) is 0 Å². The molecule has 1 N–H and O–H groups in total. The quantitative estimate of drug-likeness (QED) is 0.742. The molecule has 0 fully saturated rings. The molecule has 0 unspecified atom stereocenters. The lowest BCUT2D eigenvalue weighted by molar-refractivity contribution is 0.404. The third kappa shape index (κ3) is 3.96. The van der Waals surface area contributed by atoms with E-state index in [2.05, 4.69) is 21.2 Å². The first kappa shape index (κ1) is 16.3. The number of methoxy groups -OCH3 is 2. The molecule has 2 aromatic rings. The maximum atomic E-state index is 6.18. The Bertz CT molecular complexity index is 650. The number of nitrogens with one attached hydrogen (secondary N) is 1. The Hall–Kier alpha value is -1.10. The van der Waals surface area contributed by atoms with Crippen molar-refractivity contribution in [3.63, 3.8) is 0 Å². The summed E-state index contributed by atoms with van der Waals surface area (Å²) in [7, 11) is 3.16. The summed E-state index contributed by atoms with van der Waals surface area (Å²) in [6.45, 7) is 0.555. The minimum atomic E-state index is 0.500. The van der Waals surface area contributed by atoms with Crippen molar-refractivity contribution in [2.75, 3.05) is 19.5 Å². The van der Waals surface area contributed by atoms with Crippen LogP contribution in [0, 0.1) is 0 Å². The largest absolute Gasteiger partial charge is 0.495 e. The van der Waals surface area contributed by atoms with Crippen LogP contribution in [-0.4, -0.2) is 14.2 Å². The Kier molecular flexibility index (Phi) is 5.62. The fraction of sp³-hybridized carbons (Fsp3) is 0.200. The van der Waals surface area contributed by atoms with Gasteiger partial charge in [0, 0.05) is 28.2 Å². The SMILES string of the molecule is COc1cc(NCc2cc(Br)ccc2Cl)c(OC)cc1Cl. The van der Waals surface area contributed by atoms with Crippen LogP contribution in [0.25, 0.3) is 0 Å². The molecule has 0 radical (unpaired) electrons. The molecule has 0 aliphatic rings. The molecule has 0 aromatic heterocycles. The molecular weight excluding hydrogens is 377 g/mol. The molecule has 0 saturated carbocycles. The van der Waals surface area contributed by atoms with Crippen LogP contribution < -0.4 is 14.8 Å². The van der Waals surface area contributed by atoms with Gasteiger partial charge in [0.05, 0.1) is 24.9 Å². The van der Waals surface area contributed by atoms with Crippen LogP contribution in [-0.2, 0) is 6.54 Å². The molecular formula is C15H14BrCl2NO2. The molecule has 0 atom stereocenters. The Morgan fingerprint density at radius 2 is 1.71 bits per heavy atom. The molecule has 112 valence electrons. The van der Waals surface area contributed by atoms with Gasteiger partial charge in [0.2, 0.25) is 0 Å². The standard InChI is InChI=1S/C15H14BrCl2NO2/c1-20-14-7-13(15(21-2)6-12(14)18)19-8-9-5-10(16)3-4-11(9)17/h3-7,19H,8H2,1-2H3. The first-order valence-electron chi connectivity index (χ1n) is 6.14. The monoisotopic (exact) mass is 389 g/mol. The Morgan fingerprint density at radius 3 is 2.38 bits per heavy atom. The van der Waals surface area contributed by atoms with Crippen LogP contribution in [0.5, 0.6) is 11.5 Å². The molecule has 3 nitrogen and oxygen atoms in total. The van der Waals surface area contributed by atoms with E-state index < -0.39 is 0 Å². The van der Waals surface area contributed by atoms with Gasteiger partial charge in [-0.05, 0) is 23.8 Å². The van der Waals surface area contributed by atoms with Crippen molar-refractivity contribution >= 4 is 44.8 Å². The van der Waals surface area contributed by atoms with E-state index in [0.29, 0.717) is 28.1 Å². The number of anilines is 1. The molecule has 0 aliphatic heterocycles. The van der Waals surface area contributed by atoms with Crippen molar-refractivity contribution in [1.82, 2.24) is 0 Å². The third-order valence-electron chi connectivity index (χ3n) is 2.95. The Morgan fingerprint density at radius 1 is 1.00 bits per heavy atom. The summed E-state index contributed by atoms with van der Waals surface area (Å²) in [5.41, 5.74) is 1.76.